The Labute approximate surface area is 179 Å². The van der Waals surface area contributed by atoms with E-state index < -0.39 is 0 Å². The first kappa shape index (κ1) is 19.1. The number of amides is 1. The van der Waals surface area contributed by atoms with Crippen LogP contribution in [0.2, 0.25) is 0 Å². The zero-order valence-corrected chi connectivity index (χ0v) is 17.7. The second kappa shape index (κ2) is 8.07. The van der Waals surface area contributed by atoms with E-state index in [2.05, 4.69) is 16.8 Å². The molecule has 1 amide bonds. The molecule has 1 saturated heterocycles. The van der Waals surface area contributed by atoms with Gasteiger partial charge in [-0.1, -0.05) is 6.07 Å². The molecule has 0 spiro atoms. The van der Waals surface area contributed by atoms with Gasteiger partial charge in [0.2, 0.25) is 12.7 Å². The lowest BCUT2D eigenvalue weighted by Crippen LogP contribution is -2.39. The summed E-state index contributed by atoms with van der Waals surface area (Å²) < 4.78 is 10.8. The van der Waals surface area contributed by atoms with Gasteiger partial charge in [-0.05, 0) is 55.0 Å². The summed E-state index contributed by atoms with van der Waals surface area (Å²) in [5.74, 6) is 2.80. The minimum Gasteiger partial charge on any atom is -0.454 e. The molecule has 3 aromatic rings. The lowest BCUT2D eigenvalue weighted by molar-refractivity contribution is -0.131. The van der Waals surface area contributed by atoms with Crippen molar-refractivity contribution in [2.75, 3.05) is 19.9 Å². The number of hydrogen-bond donors (Lipinski definition) is 0. The fourth-order valence-electron chi connectivity index (χ4n) is 4.06. The molecule has 1 fully saturated rings. The molecule has 5 rings (SSSR count). The third-order valence-electron chi connectivity index (χ3n) is 5.69. The van der Waals surface area contributed by atoms with Crippen molar-refractivity contribution >= 4 is 17.2 Å². The maximum atomic E-state index is 12.8. The number of aromatic nitrogens is 2. The number of nitrogens with zero attached hydrogens (tertiary/aromatic N) is 3. The summed E-state index contributed by atoms with van der Waals surface area (Å²) in [6, 6.07) is 9.84. The molecule has 7 heteroatoms. The molecule has 0 radical (unpaired) electrons. The minimum absolute atomic E-state index is 0.149. The fourth-order valence-corrected chi connectivity index (χ4v) is 4.71. The zero-order chi connectivity index (χ0) is 20.5. The number of likely N-dealkylation sites (tertiary alicyclic amines) is 1. The Morgan fingerprint density at radius 2 is 1.97 bits per heavy atom. The molecule has 4 heterocycles. The molecule has 2 aliphatic rings. The SMILES string of the molecule is Cc1cc(-c2ccsc2)nc(C2CCN(C(=O)Cc3ccc4c(c3)OCO4)CC2)n1. The average Bonchev–Trinajstić information content (AvgIpc) is 3.45. The van der Waals surface area contributed by atoms with Crippen molar-refractivity contribution in [3.63, 3.8) is 0 Å². The van der Waals surface area contributed by atoms with Crippen LogP contribution in [0.15, 0.2) is 41.1 Å². The predicted molar refractivity (Wildman–Crippen MR) is 115 cm³/mol. The topological polar surface area (TPSA) is 64.6 Å². The van der Waals surface area contributed by atoms with E-state index >= 15 is 0 Å². The number of hydrogen-bond acceptors (Lipinski definition) is 6. The summed E-state index contributed by atoms with van der Waals surface area (Å²) in [5.41, 5.74) is 4.07. The summed E-state index contributed by atoms with van der Waals surface area (Å²) in [5, 5.41) is 4.18. The molecule has 0 atom stereocenters. The summed E-state index contributed by atoms with van der Waals surface area (Å²) in [6.45, 7) is 3.73. The first-order chi connectivity index (χ1) is 14.7. The van der Waals surface area contributed by atoms with Gasteiger partial charge >= 0.3 is 0 Å². The number of piperidine rings is 1. The third kappa shape index (κ3) is 3.89. The monoisotopic (exact) mass is 421 g/mol. The van der Waals surface area contributed by atoms with Gasteiger partial charge in [0, 0.05) is 35.6 Å². The fraction of sp³-hybridized carbons (Fsp3) is 0.348. The van der Waals surface area contributed by atoms with E-state index in [1.54, 1.807) is 11.3 Å². The van der Waals surface area contributed by atoms with Crippen LogP contribution in [-0.4, -0.2) is 40.7 Å². The second-order valence-electron chi connectivity index (χ2n) is 7.78. The summed E-state index contributed by atoms with van der Waals surface area (Å²) in [7, 11) is 0. The first-order valence-electron chi connectivity index (χ1n) is 10.2. The Morgan fingerprint density at radius 1 is 1.13 bits per heavy atom. The van der Waals surface area contributed by atoms with Crippen LogP contribution in [0.4, 0.5) is 0 Å². The minimum atomic E-state index is 0.149. The second-order valence-corrected chi connectivity index (χ2v) is 8.56. The number of aryl methyl sites for hydroxylation is 1. The maximum Gasteiger partial charge on any atom is 0.231 e. The highest BCUT2D eigenvalue weighted by molar-refractivity contribution is 7.08. The van der Waals surface area contributed by atoms with Crippen molar-refractivity contribution in [3.8, 4) is 22.8 Å². The molecule has 0 bridgehead atoms. The predicted octanol–water partition coefficient (Wildman–Crippen LogP) is 4.19. The number of carbonyl (C=O) groups excluding carboxylic acids is 1. The Bertz CT molecular complexity index is 1060. The van der Waals surface area contributed by atoms with E-state index in [-0.39, 0.29) is 18.6 Å². The number of ether oxygens (including phenoxy) is 2. The molecule has 154 valence electrons. The Morgan fingerprint density at radius 3 is 2.77 bits per heavy atom. The highest BCUT2D eigenvalue weighted by Crippen LogP contribution is 2.33. The first-order valence-corrected chi connectivity index (χ1v) is 11.1. The van der Waals surface area contributed by atoms with Gasteiger partial charge < -0.3 is 14.4 Å². The molecule has 2 aliphatic heterocycles. The van der Waals surface area contributed by atoms with Crippen LogP contribution in [0.1, 0.15) is 35.8 Å². The zero-order valence-electron chi connectivity index (χ0n) is 16.8. The molecular weight excluding hydrogens is 398 g/mol. The van der Waals surface area contributed by atoms with Crippen LogP contribution in [0, 0.1) is 6.92 Å². The van der Waals surface area contributed by atoms with Crippen LogP contribution < -0.4 is 9.47 Å². The van der Waals surface area contributed by atoms with Crippen LogP contribution in [0.3, 0.4) is 0 Å². The molecule has 30 heavy (non-hydrogen) atoms. The van der Waals surface area contributed by atoms with E-state index in [0.29, 0.717) is 6.42 Å². The quantitative estimate of drug-likeness (QED) is 0.632. The van der Waals surface area contributed by atoms with Gasteiger partial charge in [0.15, 0.2) is 11.5 Å². The normalized spacial score (nSPS) is 16.1. The highest BCUT2D eigenvalue weighted by atomic mass is 32.1. The number of carbonyl (C=O) groups is 1. The van der Waals surface area contributed by atoms with E-state index in [0.717, 1.165) is 65.8 Å². The smallest absolute Gasteiger partial charge is 0.231 e. The number of thiophene rings is 1. The Balaban J connectivity index is 1.23. The summed E-state index contributed by atoms with van der Waals surface area (Å²) in [6.07, 6.45) is 2.16. The Kier molecular flexibility index (Phi) is 5.12. The average molecular weight is 422 g/mol. The molecule has 6 nitrogen and oxygen atoms in total. The summed E-state index contributed by atoms with van der Waals surface area (Å²) >= 11 is 1.67. The third-order valence-corrected chi connectivity index (χ3v) is 6.38. The van der Waals surface area contributed by atoms with Crippen molar-refractivity contribution in [1.82, 2.24) is 14.9 Å². The molecular formula is C23H23N3O3S. The van der Waals surface area contributed by atoms with Crippen LogP contribution in [0.25, 0.3) is 11.3 Å². The molecule has 0 saturated carbocycles. The number of benzene rings is 1. The van der Waals surface area contributed by atoms with Crippen molar-refractivity contribution in [1.29, 1.82) is 0 Å². The van der Waals surface area contributed by atoms with Gasteiger partial charge in [0.25, 0.3) is 0 Å². The number of rotatable bonds is 4. The van der Waals surface area contributed by atoms with E-state index in [4.69, 9.17) is 19.4 Å². The van der Waals surface area contributed by atoms with Crippen molar-refractivity contribution in [2.24, 2.45) is 0 Å². The largest absolute Gasteiger partial charge is 0.454 e. The van der Waals surface area contributed by atoms with Crippen molar-refractivity contribution in [2.45, 2.75) is 32.1 Å². The van der Waals surface area contributed by atoms with Crippen LogP contribution in [-0.2, 0) is 11.2 Å². The van der Waals surface area contributed by atoms with Gasteiger partial charge in [-0.3, -0.25) is 4.79 Å². The van der Waals surface area contributed by atoms with E-state index in [1.165, 1.54) is 0 Å². The maximum absolute atomic E-state index is 12.8. The van der Waals surface area contributed by atoms with Crippen LogP contribution in [0.5, 0.6) is 11.5 Å². The molecule has 0 unspecified atom stereocenters. The van der Waals surface area contributed by atoms with E-state index in [9.17, 15) is 4.79 Å². The van der Waals surface area contributed by atoms with Gasteiger partial charge in [0.1, 0.15) is 5.82 Å². The van der Waals surface area contributed by atoms with Gasteiger partial charge in [-0.25, -0.2) is 9.97 Å². The number of fused-ring (bicyclic) bond motifs is 1. The molecule has 2 aromatic heterocycles. The molecule has 0 N–H and O–H groups in total. The lowest BCUT2D eigenvalue weighted by atomic mass is 9.95. The van der Waals surface area contributed by atoms with E-state index in [1.807, 2.05) is 36.1 Å². The lowest BCUT2D eigenvalue weighted by Gasteiger charge is -2.31. The van der Waals surface area contributed by atoms with Gasteiger partial charge in [-0.15, -0.1) is 0 Å². The highest BCUT2D eigenvalue weighted by Gasteiger charge is 2.26. The summed E-state index contributed by atoms with van der Waals surface area (Å²) in [4.78, 5) is 24.3. The Hall–Kier alpha value is -2.93. The molecule has 1 aromatic carbocycles. The van der Waals surface area contributed by atoms with Gasteiger partial charge in [0.05, 0.1) is 12.1 Å². The van der Waals surface area contributed by atoms with Crippen molar-refractivity contribution < 1.29 is 14.3 Å². The molecule has 0 aliphatic carbocycles. The van der Waals surface area contributed by atoms with Gasteiger partial charge in [-0.2, -0.15) is 11.3 Å². The van der Waals surface area contributed by atoms with Crippen molar-refractivity contribution in [3.05, 3.63) is 58.2 Å². The van der Waals surface area contributed by atoms with Crippen LogP contribution >= 0.6 is 11.3 Å². The standard InChI is InChI=1S/C23H23N3O3S/c1-15-10-19(18-6-9-30-13-18)25-23(24-15)17-4-7-26(8-5-17)22(27)12-16-2-3-20-21(11-16)29-14-28-20/h2-3,6,9-11,13,17H,4-5,7-8,12,14H2,1H3.